The molecule has 0 bridgehead atoms. The first-order chi connectivity index (χ1) is 10.6. The van der Waals surface area contributed by atoms with Crippen LogP contribution in [0.25, 0.3) is 0 Å². The van der Waals surface area contributed by atoms with E-state index >= 15 is 0 Å². The highest BCUT2D eigenvalue weighted by Gasteiger charge is 2.24. The Bertz CT molecular complexity index is 501. The number of H-pyrrole nitrogens is 1. The van der Waals surface area contributed by atoms with E-state index in [2.05, 4.69) is 41.0 Å². The Morgan fingerprint density at radius 3 is 2.95 bits per heavy atom. The summed E-state index contributed by atoms with van der Waals surface area (Å²) >= 11 is 0. The fraction of sp³-hybridized carbons (Fsp3) is 0.765. The van der Waals surface area contributed by atoms with Gasteiger partial charge in [0.2, 0.25) is 0 Å². The third-order valence-corrected chi connectivity index (χ3v) is 4.76. The lowest BCUT2D eigenvalue weighted by Gasteiger charge is -2.36. The third-order valence-electron chi connectivity index (χ3n) is 4.76. The van der Waals surface area contributed by atoms with E-state index in [1.165, 1.54) is 19.3 Å². The molecule has 1 saturated heterocycles. The molecule has 0 aliphatic carbocycles. The van der Waals surface area contributed by atoms with Gasteiger partial charge in [0.05, 0.1) is 0 Å². The Hall–Kier alpha value is -1.36. The van der Waals surface area contributed by atoms with Crippen molar-refractivity contribution < 1.29 is 0 Å². The van der Waals surface area contributed by atoms with E-state index in [0.29, 0.717) is 17.9 Å². The number of aromatic nitrogens is 2. The summed E-state index contributed by atoms with van der Waals surface area (Å²) in [5.41, 5.74) is -0.0882. The number of hydrogen-bond donors (Lipinski definition) is 2. The summed E-state index contributed by atoms with van der Waals surface area (Å²) in [5.74, 6) is 1.32. The number of rotatable bonds is 7. The largest absolute Gasteiger partial charge is 0.350 e. The van der Waals surface area contributed by atoms with Crippen molar-refractivity contribution in [3.8, 4) is 0 Å². The highest BCUT2D eigenvalue weighted by atomic mass is 16.1. The van der Waals surface area contributed by atoms with Gasteiger partial charge < -0.3 is 15.2 Å². The normalized spacial score (nSPS) is 21.6. The van der Waals surface area contributed by atoms with Gasteiger partial charge in [-0.25, -0.2) is 4.98 Å². The lowest BCUT2D eigenvalue weighted by Crippen LogP contribution is -2.50. The van der Waals surface area contributed by atoms with Gasteiger partial charge in [0.15, 0.2) is 5.82 Å². The van der Waals surface area contributed by atoms with Crippen LogP contribution in [0.15, 0.2) is 17.2 Å². The lowest BCUT2D eigenvalue weighted by molar-refractivity contribution is 0.321. The van der Waals surface area contributed by atoms with E-state index in [1.807, 2.05) is 0 Å². The standard InChI is InChI=1S/C17H30N4O/c1-4-13(3)11-14(5-2)20-15-7-6-10-21(12-15)16-17(22)19-9-8-18-16/h8-9,13-15,20H,4-7,10-12H2,1-3H3,(H,19,22). The van der Waals surface area contributed by atoms with Gasteiger partial charge in [-0.15, -0.1) is 0 Å². The first kappa shape index (κ1) is 17.0. The molecule has 0 spiro atoms. The quantitative estimate of drug-likeness (QED) is 0.813. The van der Waals surface area contributed by atoms with Gasteiger partial charge in [0.25, 0.3) is 5.56 Å². The van der Waals surface area contributed by atoms with Crippen molar-refractivity contribution in [1.29, 1.82) is 0 Å². The Morgan fingerprint density at radius 1 is 1.45 bits per heavy atom. The molecule has 5 nitrogen and oxygen atoms in total. The maximum Gasteiger partial charge on any atom is 0.290 e. The number of nitrogens with one attached hydrogen (secondary N) is 2. The monoisotopic (exact) mass is 306 g/mol. The van der Waals surface area contributed by atoms with Crippen molar-refractivity contribution in [1.82, 2.24) is 15.3 Å². The summed E-state index contributed by atoms with van der Waals surface area (Å²) in [7, 11) is 0. The maximum absolute atomic E-state index is 11.9. The summed E-state index contributed by atoms with van der Waals surface area (Å²) < 4.78 is 0. The van der Waals surface area contributed by atoms with Crippen LogP contribution in [0.3, 0.4) is 0 Å². The van der Waals surface area contributed by atoms with E-state index in [0.717, 1.165) is 31.8 Å². The Morgan fingerprint density at radius 2 is 2.27 bits per heavy atom. The van der Waals surface area contributed by atoms with E-state index in [-0.39, 0.29) is 5.56 Å². The van der Waals surface area contributed by atoms with Gasteiger partial charge >= 0.3 is 0 Å². The molecule has 1 aromatic rings. The second-order valence-corrected chi connectivity index (χ2v) is 6.55. The second kappa shape index (κ2) is 8.32. The number of aromatic amines is 1. The van der Waals surface area contributed by atoms with Crippen LogP contribution in [0.5, 0.6) is 0 Å². The molecule has 0 aromatic carbocycles. The molecule has 3 unspecified atom stereocenters. The smallest absolute Gasteiger partial charge is 0.290 e. The van der Waals surface area contributed by atoms with Gasteiger partial charge in [-0.05, 0) is 31.6 Å². The molecule has 1 aromatic heterocycles. The summed E-state index contributed by atoms with van der Waals surface area (Å²) in [5, 5.41) is 3.81. The van der Waals surface area contributed by atoms with E-state index < -0.39 is 0 Å². The van der Waals surface area contributed by atoms with Crippen molar-refractivity contribution >= 4 is 5.82 Å². The molecular weight excluding hydrogens is 276 g/mol. The van der Waals surface area contributed by atoms with Crippen molar-refractivity contribution in [2.45, 2.75) is 65.0 Å². The predicted octanol–water partition coefficient (Wildman–Crippen LogP) is 2.54. The van der Waals surface area contributed by atoms with Crippen LogP contribution in [0.4, 0.5) is 5.82 Å². The number of hydrogen-bond acceptors (Lipinski definition) is 4. The zero-order valence-electron chi connectivity index (χ0n) is 14.1. The van der Waals surface area contributed by atoms with Crippen molar-refractivity contribution in [3.63, 3.8) is 0 Å². The highest BCUT2D eigenvalue weighted by molar-refractivity contribution is 5.36. The summed E-state index contributed by atoms with van der Waals surface area (Å²) in [4.78, 5) is 21.0. The van der Waals surface area contributed by atoms with E-state index in [1.54, 1.807) is 12.4 Å². The summed E-state index contributed by atoms with van der Waals surface area (Å²) in [6.45, 7) is 8.62. The van der Waals surface area contributed by atoms with Crippen LogP contribution >= 0.6 is 0 Å². The maximum atomic E-state index is 11.9. The molecule has 5 heteroatoms. The van der Waals surface area contributed by atoms with Crippen LogP contribution in [-0.4, -0.2) is 35.1 Å². The lowest BCUT2D eigenvalue weighted by atomic mass is 9.96. The first-order valence-electron chi connectivity index (χ1n) is 8.68. The zero-order valence-corrected chi connectivity index (χ0v) is 14.1. The molecule has 1 fully saturated rings. The minimum Gasteiger partial charge on any atom is -0.350 e. The van der Waals surface area contributed by atoms with E-state index in [4.69, 9.17) is 0 Å². The Kier molecular flexibility index (Phi) is 6.43. The van der Waals surface area contributed by atoms with E-state index in [9.17, 15) is 4.79 Å². The van der Waals surface area contributed by atoms with Crippen LogP contribution in [-0.2, 0) is 0 Å². The van der Waals surface area contributed by atoms with Gasteiger partial charge in [-0.3, -0.25) is 4.79 Å². The van der Waals surface area contributed by atoms with Crippen LogP contribution in [0, 0.1) is 5.92 Å². The second-order valence-electron chi connectivity index (χ2n) is 6.55. The molecule has 2 N–H and O–H groups in total. The first-order valence-corrected chi connectivity index (χ1v) is 8.68. The van der Waals surface area contributed by atoms with Crippen molar-refractivity contribution in [2.24, 2.45) is 5.92 Å². The number of nitrogens with zero attached hydrogens (tertiary/aromatic N) is 2. The molecule has 124 valence electrons. The number of anilines is 1. The predicted molar refractivity (Wildman–Crippen MR) is 91.4 cm³/mol. The average Bonchev–Trinajstić information content (AvgIpc) is 2.54. The van der Waals surface area contributed by atoms with Gasteiger partial charge in [0, 0.05) is 37.6 Å². The molecule has 1 aliphatic heterocycles. The zero-order chi connectivity index (χ0) is 15.9. The molecule has 3 atom stereocenters. The molecule has 2 heterocycles. The topological polar surface area (TPSA) is 61.0 Å². The summed E-state index contributed by atoms with van der Waals surface area (Å²) in [6, 6.07) is 1.02. The van der Waals surface area contributed by atoms with Crippen LogP contribution in [0.1, 0.15) is 52.9 Å². The van der Waals surface area contributed by atoms with Gasteiger partial charge in [-0.2, -0.15) is 0 Å². The van der Waals surface area contributed by atoms with Gasteiger partial charge in [0.1, 0.15) is 0 Å². The Balaban J connectivity index is 1.95. The minimum atomic E-state index is -0.0882. The average molecular weight is 306 g/mol. The molecule has 22 heavy (non-hydrogen) atoms. The van der Waals surface area contributed by atoms with Crippen LogP contribution in [0.2, 0.25) is 0 Å². The molecule has 0 amide bonds. The SMILES string of the molecule is CCC(C)CC(CC)NC1CCCN(c2ncc[nH]c2=O)C1. The minimum absolute atomic E-state index is 0.0882. The molecule has 0 radical (unpaired) electrons. The fourth-order valence-corrected chi connectivity index (χ4v) is 3.21. The Labute approximate surface area is 133 Å². The van der Waals surface area contributed by atoms with Gasteiger partial charge in [-0.1, -0.05) is 27.2 Å². The van der Waals surface area contributed by atoms with Crippen molar-refractivity contribution in [2.75, 3.05) is 18.0 Å². The highest BCUT2D eigenvalue weighted by Crippen LogP contribution is 2.18. The third kappa shape index (κ3) is 4.57. The molecule has 2 rings (SSSR count). The van der Waals surface area contributed by atoms with Crippen LogP contribution < -0.4 is 15.8 Å². The fourth-order valence-electron chi connectivity index (χ4n) is 3.21. The summed E-state index contributed by atoms with van der Waals surface area (Å²) in [6.07, 6.45) is 9.15. The molecule has 0 saturated carbocycles. The number of piperidine rings is 1. The molecule has 1 aliphatic rings. The van der Waals surface area contributed by atoms with Crippen molar-refractivity contribution in [3.05, 3.63) is 22.7 Å². The molecular formula is C17H30N4O.